The molecule has 10 heteroatoms. The first-order valence-electron chi connectivity index (χ1n) is 12.1. The number of halogens is 1. The second-order valence-corrected chi connectivity index (χ2v) is 9.50. The highest BCUT2D eigenvalue weighted by Gasteiger charge is 2.11. The third kappa shape index (κ3) is 7.22. The third-order valence-corrected chi connectivity index (χ3v) is 6.43. The standard InChI is InChI=1S/C27H28BrN5O4/c28-20-3-7-22(8-4-20)31-26(34)30-21-5-1-19(2-6-21)18-29-27-32-24-17-23(9-10-25(24)37-27)36-16-13-33-11-14-35-15-12-33/h1-10,17H,11-16,18H2,(H,29,32)(H2,30,31,34). The minimum Gasteiger partial charge on any atom is -0.492 e. The van der Waals surface area contributed by atoms with E-state index in [1.54, 1.807) is 0 Å². The van der Waals surface area contributed by atoms with Gasteiger partial charge in [-0.1, -0.05) is 28.1 Å². The summed E-state index contributed by atoms with van der Waals surface area (Å²) < 4.78 is 18.1. The Kier molecular flexibility index (Phi) is 8.19. The quantitative estimate of drug-likeness (QED) is 0.244. The SMILES string of the molecule is O=C(Nc1ccc(Br)cc1)Nc1ccc(CNc2nc3cc(OCCN4CCOCC4)ccc3o2)cc1. The summed E-state index contributed by atoms with van der Waals surface area (Å²) in [6.07, 6.45) is 0. The molecular formula is C27H28BrN5O4. The van der Waals surface area contributed by atoms with Gasteiger partial charge < -0.3 is 29.8 Å². The zero-order valence-electron chi connectivity index (χ0n) is 20.2. The van der Waals surface area contributed by atoms with Crippen LogP contribution in [0.2, 0.25) is 0 Å². The maximum Gasteiger partial charge on any atom is 0.323 e. The number of hydrogen-bond acceptors (Lipinski definition) is 7. The number of benzene rings is 3. The molecule has 0 atom stereocenters. The molecule has 9 nitrogen and oxygen atoms in total. The Labute approximate surface area is 223 Å². The molecule has 2 heterocycles. The molecule has 3 aromatic carbocycles. The lowest BCUT2D eigenvalue weighted by molar-refractivity contribution is 0.0322. The van der Waals surface area contributed by atoms with Crippen LogP contribution < -0.4 is 20.7 Å². The Balaban J connectivity index is 1.09. The minimum absolute atomic E-state index is 0.302. The predicted octanol–water partition coefficient (Wildman–Crippen LogP) is 5.56. The fourth-order valence-corrected chi connectivity index (χ4v) is 4.16. The first-order valence-corrected chi connectivity index (χ1v) is 12.9. The maximum atomic E-state index is 12.2. The molecule has 0 radical (unpaired) electrons. The van der Waals surface area contributed by atoms with Gasteiger partial charge in [0.15, 0.2) is 5.58 Å². The number of nitrogens with zero attached hydrogens (tertiary/aromatic N) is 2. The molecule has 0 aliphatic carbocycles. The van der Waals surface area contributed by atoms with Gasteiger partial charge in [0.1, 0.15) is 17.9 Å². The average molecular weight is 566 g/mol. The number of urea groups is 1. The van der Waals surface area contributed by atoms with E-state index in [1.807, 2.05) is 66.7 Å². The van der Waals surface area contributed by atoms with Crippen molar-refractivity contribution >= 4 is 50.5 Å². The molecule has 1 saturated heterocycles. The van der Waals surface area contributed by atoms with Crippen molar-refractivity contribution in [3.63, 3.8) is 0 Å². The molecular weight excluding hydrogens is 538 g/mol. The minimum atomic E-state index is -0.302. The summed E-state index contributed by atoms with van der Waals surface area (Å²) >= 11 is 3.38. The second kappa shape index (κ2) is 12.1. The Morgan fingerprint density at radius 1 is 0.973 bits per heavy atom. The predicted molar refractivity (Wildman–Crippen MR) is 147 cm³/mol. The summed E-state index contributed by atoms with van der Waals surface area (Å²) in [7, 11) is 0. The average Bonchev–Trinajstić information content (AvgIpc) is 3.32. The molecule has 1 aliphatic rings. The van der Waals surface area contributed by atoms with Gasteiger partial charge >= 0.3 is 6.03 Å². The van der Waals surface area contributed by atoms with Gasteiger partial charge in [0.05, 0.1) is 13.2 Å². The van der Waals surface area contributed by atoms with Gasteiger partial charge in [0.25, 0.3) is 6.01 Å². The number of morpholine rings is 1. The third-order valence-electron chi connectivity index (χ3n) is 5.90. The lowest BCUT2D eigenvalue weighted by Crippen LogP contribution is -2.38. The molecule has 1 fully saturated rings. The Hall–Kier alpha value is -3.60. The van der Waals surface area contributed by atoms with Crippen LogP contribution in [-0.2, 0) is 11.3 Å². The summed E-state index contributed by atoms with van der Waals surface area (Å²) in [6.45, 7) is 5.48. The van der Waals surface area contributed by atoms with Gasteiger partial charge in [0, 0.05) is 48.1 Å². The van der Waals surface area contributed by atoms with Crippen LogP contribution in [-0.4, -0.2) is 55.4 Å². The van der Waals surface area contributed by atoms with Crippen LogP contribution in [0.25, 0.3) is 11.1 Å². The summed E-state index contributed by atoms with van der Waals surface area (Å²) in [4.78, 5) is 19.1. The molecule has 3 N–H and O–H groups in total. The first-order chi connectivity index (χ1) is 18.1. The van der Waals surface area contributed by atoms with Crippen LogP contribution in [0.3, 0.4) is 0 Å². The molecule has 192 valence electrons. The highest BCUT2D eigenvalue weighted by atomic mass is 79.9. The maximum absolute atomic E-state index is 12.2. The van der Waals surface area contributed by atoms with Gasteiger partial charge in [-0.3, -0.25) is 4.90 Å². The fraction of sp³-hybridized carbons (Fsp3) is 0.259. The first kappa shape index (κ1) is 25.1. The van der Waals surface area contributed by atoms with E-state index in [-0.39, 0.29) is 6.03 Å². The number of oxazole rings is 1. The zero-order chi connectivity index (χ0) is 25.5. The van der Waals surface area contributed by atoms with Crippen molar-refractivity contribution in [1.29, 1.82) is 0 Å². The Morgan fingerprint density at radius 3 is 2.41 bits per heavy atom. The molecule has 0 spiro atoms. The lowest BCUT2D eigenvalue weighted by atomic mass is 10.2. The smallest absolute Gasteiger partial charge is 0.323 e. The normalized spacial score (nSPS) is 13.9. The molecule has 1 aromatic heterocycles. The van der Waals surface area contributed by atoms with E-state index >= 15 is 0 Å². The van der Waals surface area contributed by atoms with Crippen molar-refractivity contribution in [2.75, 3.05) is 55.4 Å². The van der Waals surface area contributed by atoms with Crippen molar-refractivity contribution in [2.24, 2.45) is 0 Å². The van der Waals surface area contributed by atoms with Crippen molar-refractivity contribution in [3.05, 3.63) is 76.8 Å². The van der Waals surface area contributed by atoms with Gasteiger partial charge in [-0.05, 0) is 54.1 Å². The number of fused-ring (bicyclic) bond motifs is 1. The van der Waals surface area contributed by atoms with Crippen LogP contribution >= 0.6 is 15.9 Å². The molecule has 0 unspecified atom stereocenters. The number of hydrogen-bond donors (Lipinski definition) is 3. The molecule has 2 amide bonds. The topological polar surface area (TPSA) is 101 Å². The van der Waals surface area contributed by atoms with E-state index in [0.717, 1.165) is 54.2 Å². The monoisotopic (exact) mass is 565 g/mol. The van der Waals surface area contributed by atoms with E-state index in [0.29, 0.717) is 36.1 Å². The van der Waals surface area contributed by atoms with E-state index in [2.05, 4.69) is 41.8 Å². The van der Waals surface area contributed by atoms with Gasteiger partial charge in [0.2, 0.25) is 0 Å². The summed E-state index contributed by atoms with van der Waals surface area (Å²) in [5.41, 5.74) is 3.86. The number of ether oxygens (including phenoxy) is 2. The molecule has 1 aliphatic heterocycles. The van der Waals surface area contributed by atoms with Crippen molar-refractivity contribution in [3.8, 4) is 5.75 Å². The number of carbonyl (C=O) groups excluding carboxylic acids is 1. The summed E-state index contributed by atoms with van der Waals surface area (Å²) in [5.74, 6) is 0.771. The number of aromatic nitrogens is 1. The van der Waals surface area contributed by atoms with E-state index in [9.17, 15) is 4.79 Å². The van der Waals surface area contributed by atoms with Crippen molar-refractivity contribution < 1.29 is 18.7 Å². The van der Waals surface area contributed by atoms with Gasteiger partial charge in [-0.2, -0.15) is 4.98 Å². The van der Waals surface area contributed by atoms with E-state index in [1.165, 1.54) is 0 Å². The number of amides is 2. The highest BCUT2D eigenvalue weighted by molar-refractivity contribution is 9.10. The molecule has 0 bridgehead atoms. The molecule has 4 aromatic rings. The van der Waals surface area contributed by atoms with Gasteiger partial charge in [-0.15, -0.1) is 0 Å². The zero-order valence-corrected chi connectivity index (χ0v) is 21.8. The van der Waals surface area contributed by atoms with E-state index in [4.69, 9.17) is 13.9 Å². The van der Waals surface area contributed by atoms with Crippen LogP contribution in [0.1, 0.15) is 5.56 Å². The molecule has 37 heavy (non-hydrogen) atoms. The number of nitrogens with one attached hydrogen (secondary N) is 3. The summed E-state index contributed by atoms with van der Waals surface area (Å²) in [5, 5.41) is 8.84. The van der Waals surface area contributed by atoms with Crippen LogP contribution in [0.15, 0.2) is 75.6 Å². The number of rotatable bonds is 9. The van der Waals surface area contributed by atoms with Crippen LogP contribution in [0, 0.1) is 0 Å². The van der Waals surface area contributed by atoms with Crippen LogP contribution in [0.4, 0.5) is 22.2 Å². The Morgan fingerprint density at radius 2 is 1.68 bits per heavy atom. The number of anilines is 3. The van der Waals surface area contributed by atoms with E-state index < -0.39 is 0 Å². The Bertz CT molecular complexity index is 1320. The lowest BCUT2D eigenvalue weighted by Gasteiger charge is -2.26. The highest BCUT2D eigenvalue weighted by Crippen LogP contribution is 2.24. The molecule has 5 rings (SSSR count). The van der Waals surface area contributed by atoms with Gasteiger partial charge in [-0.25, -0.2) is 4.79 Å². The summed E-state index contributed by atoms with van der Waals surface area (Å²) in [6, 6.07) is 20.8. The number of carbonyl (C=O) groups is 1. The van der Waals surface area contributed by atoms with Crippen molar-refractivity contribution in [2.45, 2.75) is 6.54 Å². The fourth-order valence-electron chi connectivity index (χ4n) is 3.90. The van der Waals surface area contributed by atoms with Crippen molar-refractivity contribution in [1.82, 2.24) is 9.88 Å². The molecule has 0 saturated carbocycles. The van der Waals surface area contributed by atoms with Crippen LogP contribution in [0.5, 0.6) is 5.75 Å². The largest absolute Gasteiger partial charge is 0.492 e. The second-order valence-electron chi connectivity index (χ2n) is 8.59.